The quantitative estimate of drug-likeness (QED) is 0.686. The van der Waals surface area contributed by atoms with E-state index in [0.29, 0.717) is 11.2 Å². The van der Waals surface area contributed by atoms with Gasteiger partial charge >= 0.3 is 0 Å². The smallest absolute Gasteiger partial charge is 0.247 e. The Labute approximate surface area is 147 Å². The van der Waals surface area contributed by atoms with E-state index in [9.17, 15) is 18.4 Å². The second-order valence-electron chi connectivity index (χ2n) is 5.58. The monoisotopic (exact) mass is 355 g/mol. The minimum absolute atomic E-state index is 0.0430. The Kier molecular flexibility index (Phi) is 4.79. The number of rotatable bonds is 5. The fourth-order valence-corrected chi connectivity index (χ4v) is 2.53. The number of aromatic nitrogens is 1. The fraction of sp³-hybridized carbons (Fsp3) is 0.0526. The van der Waals surface area contributed by atoms with Crippen LogP contribution in [0.2, 0.25) is 0 Å². The Morgan fingerprint density at radius 1 is 1.08 bits per heavy atom. The Morgan fingerprint density at radius 3 is 2.65 bits per heavy atom. The molecule has 1 aromatic heterocycles. The van der Waals surface area contributed by atoms with Crippen LogP contribution in [0.1, 0.15) is 0 Å². The molecule has 0 aliphatic heterocycles. The van der Waals surface area contributed by atoms with Crippen molar-refractivity contribution in [1.29, 1.82) is 0 Å². The average Bonchev–Trinajstić information content (AvgIpc) is 2.99. The van der Waals surface area contributed by atoms with E-state index in [-0.39, 0.29) is 24.0 Å². The summed E-state index contributed by atoms with van der Waals surface area (Å²) in [5, 5.41) is 5.76. The Morgan fingerprint density at radius 2 is 1.88 bits per heavy atom. The summed E-state index contributed by atoms with van der Waals surface area (Å²) in [6.07, 6.45) is 2.70. The first-order valence-electron chi connectivity index (χ1n) is 7.73. The number of carbonyl (C=O) groups excluding carboxylic acids is 2. The van der Waals surface area contributed by atoms with Crippen LogP contribution in [0, 0.1) is 11.6 Å². The number of hydrogen-bond acceptors (Lipinski definition) is 2. The van der Waals surface area contributed by atoms with Crippen molar-refractivity contribution in [3.05, 3.63) is 73.0 Å². The fourth-order valence-electron chi connectivity index (χ4n) is 2.53. The Bertz CT molecular complexity index is 1010. The minimum atomic E-state index is -0.634. The van der Waals surface area contributed by atoms with Crippen molar-refractivity contribution in [1.82, 2.24) is 4.57 Å². The first-order chi connectivity index (χ1) is 12.5. The maximum atomic E-state index is 13.7. The van der Waals surface area contributed by atoms with Crippen molar-refractivity contribution in [2.45, 2.75) is 6.54 Å². The molecule has 0 atom stereocenters. The first-order valence-corrected chi connectivity index (χ1v) is 7.73. The lowest BCUT2D eigenvalue weighted by atomic mass is 10.2. The number of benzene rings is 2. The van der Waals surface area contributed by atoms with Crippen LogP contribution >= 0.6 is 0 Å². The average molecular weight is 355 g/mol. The second kappa shape index (κ2) is 7.18. The Hall–Kier alpha value is -3.48. The van der Waals surface area contributed by atoms with Gasteiger partial charge in [0, 0.05) is 11.9 Å². The maximum Gasteiger partial charge on any atom is 0.247 e. The summed E-state index contributed by atoms with van der Waals surface area (Å²) >= 11 is 0. The zero-order valence-corrected chi connectivity index (χ0v) is 13.6. The van der Waals surface area contributed by atoms with Crippen LogP contribution in [0.15, 0.2) is 61.3 Å². The maximum absolute atomic E-state index is 13.7. The molecular weight excluding hydrogens is 340 g/mol. The van der Waals surface area contributed by atoms with E-state index in [2.05, 4.69) is 17.2 Å². The van der Waals surface area contributed by atoms with E-state index in [4.69, 9.17) is 0 Å². The molecule has 0 radical (unpaired) electrons. The van der Waals surface area contributed by atoms with Crippen LogP contribution in [0.4, 0.5) is 20.2 Å². The SMILES string of the molecule is C=CC(=O)Nc1cc(NC(=O)Cn2ccc3ccc(F)cc32)ccc1F. The van der Waals surface area contributed by atoms with Crippen molar-refractivity contribution < 1.29 is 18.4 Å². The summed E-state index contributed by atoms with van der Waals surface area (Å²) < 4.78 is 28.7. The van der Waals surface area contributed by atoms with Crippen LogP contribution in [0.5, 0.6) is 0 Å². The molecule has 132 valence electrons. The van der Waals surface area contributed by atoms with Gasteiger partial charge in [0.05, 0.1) is 11.2 Å². The molecule has 0 aliphatic carbocycles. The molecule has 0 spiro atoms. The molecule has 26 heavy (non-hydrogen) atoms. The van der Waals surface area contributed by atoms with Crippen LogP contribution in [0.3, 0.4) is 0 Å². The molecule has 5 nitrogen and oxygen atoms in total. The summed E-state index contributed by atoms with van der Waals surface area (Å²) in [4.78, 5) is 23.6. The summed E-state index contributed by atoms with van der Waals surface area (Å²) in [7, 11) is 0. The highest BCUT2D eigenvalue weighted by atomic mass is 19.1. The van der Waals surface area contributed by atoms with Gasteiger partial charge in [0.25, 0.3) is 0 Å². The third-order valence-corrected chi connectivity index (χ3v) is 3.74. The molecule has 0 saturated carbocycles. The van der Waals surface area contributed by atoms with E-state index < -0.39 is 11.7 Å². The van der Waals surface area contributed by atoms with Crippen molar-refractivity contribution in [2.75, 3.05) is 10.6 Å². The first kappa shape index (κ1) is 17.3. The number of hydrogen-bond donors (Lipinski definition) is 2. The topological polar surface area (TPSA) is 63.1 Å². The molecule has 0 aliphatic rings. The van der Waals surface area contributed by atoms with Crippen molar-refractivity contribution >= 4 is 34.1 Å². The van der Waals surface area contributed by atoms with E-state index >= 15 is 0 Å². The molecule has 2 aromatic carbocycles. The van der Waals surface area contributed by atoms with Gasteiger partial charge in [0.2, 0.25) is 11.8 Å². The molecule has 1 heterocycles. The van der Waals surface area contributed by atoms with E-state index in [0.717, 1.165) is 17.5 Å². The molecule has 0 saturated heterocycles. The van der Waals surface area contributed by atoms with E-state index in [1.54, 1.807) is 22.9 Å². The highest BCUT2D eigenvalue weighted by Gasteiger charge is 2.10. The van der Waals surface area contributed by atoms with E-state index in [1.807, 2.05) is 0 Å². The number of halogens is 2. The van der Waals surface area contributed by atoms with Crippen molar-refractivity contribution in [3.63, 3.8) is 0 Å². The normalized spacial score (nSPS) is 10.5. The third-order valence-electron chi connectivity index (χ3n) is 3.74. The lowest BCUT2D eigenvalue weighted by molar-refractivity contribution is -0.116. The second-order valence-corrected chi connectivity index (χ2v) is 5.58. The molecule has 7 heteroatoms. The number of carbonyl (C=O) groups is 2. The molecule has 0 fully saturated rings. The number of amides is 2. The van der Waals surface area contributed by atoms with Gasteiger partial charge in [0.1, 0.15) is 18.2 Å². The van der Waals surface area contributed by atoms with Crippen LogP contribution in [-0.2, 0) is 16.1 Å². The van der Waals surface area contributed by atoms with E-state index in [1.165, 1.54) is 24.3 Å². The predicted molar refractivity (Wildman–Crippen MR) is 95.8 cm³/mol. The van der Waals surface area contributed by atoms with Gasteiger partial charge in [-0.3, -0.25) is 9.59 Å². The molecule has 2 amide bonds. The molecule has 3 aromatic rings. The number of anilines is 2. The predicted octanol–water partition coefficient (Wildman–Crippen LogP) is 3.68. The Balaban J connectivity index is 1.75. The van der Waals surface area contributed by atoms with Gasteiger partial charge in [-0.2, -0.15) is 0 Å². The van der Waals surface area contributed by atoms with Crippen LogP contribution in [0.25, 0.3) is 10.9 Å². The van der Waals surface area contributed by atoms with Crippen molar-refractivity contribution in [2.24, 2.45) is 0 Å². The standard InChI is InChI=1S/C19H15F2N3O2/c1-2-18(25)23-16-10-14(5-6-15(16)21)22-19(26)11-24-8-7-12-3-4-13(20)9-17(12)24/h2-10H,1,11H2,(H,22,26)(H,23,25). The van der Waals surface area contributed by atoms with Gasteiger partial charge in [-0.25, -0.2) is 8.78 Å². The highest BCUT2D eigenvalue weighted by molar-refractivity contribution is 6.00. The summed E-state index contributed by atoms with van der Waals surface area (Å²) in [6.45, 7) is 3.25. The van der Waals surface area contributed by atoms with Gasteiger partial charge < -0.3 is 15.2 Å². The van der Waals surface area contributed by atoms with Crippen LogP contribution in [-0.4, -0.2) is 16.4 Å². The molecule has 3 rings (SSSR count). The van der Waals surface area contributed by atoms with Gasteiger partial charge in [0.15, 0.2) is 0 Å². The third kappa shape index (κ3) is 3.77. The molecular formula is C19H15F2N3O2. The van der Waals surface area contributed by atoms with Crippen molar-refractivity contribution in [3.8, 4) is 0 Å². The van der Waals surface area contributed by atoms with Gasteiger partial charge in [-0.05, 0) is 53.9 Å². The molecule has 0 bridgehead atoms. The number of nitrogens with zero attached hydrogens (tertiary/aromatic N) is 1. The zero-order valence-electron chi connectivity index (χ0n) is 13.6. The zero-order chi connectivity index (χ0) is 18.7. The van der Waals surface area contributed by atoms with Gasteiger partial charge in [-0.15, -0.1) is 0 Å². The summed E-state index contributed by atoms with van der Waals surface area (Å²) in [5.41, 5.74) is 0.845. The number of nitrogens with one attached hydrogen (secondary N) is 2. The van der Waals surface area contributed by atoms with Gasteiger partial charge in [-0.1, -0.05) is 6.58 Å². The summed E-state index contributed by atoms with van der Waals surface area (Å²) in [6, 6.07) is 9.94. The lowest BCUT2D eigenvalue weighted by Gasteiger charge is -2.10. The highest BCUT2D eigenvalue weighted by Crippen LogP contribution is 2.21. The molecule has 0 unspecified atom stereocenters. The molecule has 2 N–H and O–H groups in total. The number of fused-ring (bicyclic) bond motifs is 1. The largest absolute Gasteiger partial charge is 0.338 e. The lowest BCUT2D eigenvalue weighted by Crippen LogP contribution is -2.18. The minimum Gasteiger partial charge on any atom is -0.338 e. The summed E-state index contributed by atoms with van der Waals surface area (Å²) in [5.74, 6) is -1.96. The van der Waals surface area contributed by atoms with Crippen LogP contribution < -0.4 is 10.6 Å².